The lowest BCUT2D eigenvalue weighted by Crippen LogP contribution is -2.24. The summed E-state index contributed by atoms with van der Waals surface area (Å²) in [6, 6.07) is 5.24. The molecule has 20 heavy (non-hydrogen) atoms. The molecule has 0 aliphatic rings. The molecule has 0 aliphatic carbocycles. The van der Waals surface area contributed by atoms with Crippen LogP contribution in [0.4, 0.5) is 4.39 Å². The average molecular weight is 323 g/mol. The molecule has 0 spiro atoms. The van der Waals surface area contributed by atoms with Crippen LogP contribution in [0.15, 0.2) is 24.3 Å². The van der Waals surface area contributed by atoms with Crippen molar-refractivity contribution in [2.45, 2.75) is 18.6 Å². The second-order valence-corrected chi connectivity index (χ2v) is 8.92. The van der Waals surface area contributed by atoms with Crippen molar-refractivity contribution in [1.29, 1.82) is 0 Å². The summed E-state index contributed by atoms with van der Waals surface area (Å²) in [5.74, 6) is -0.899. The van der Waals surface area contributed by atoms with Gasteiger partial charge in [0.15, 0.2) is 9.84 Å². The first-order chi connectivity index (χ1) is 9.18. The highest BCUT2D eigenvalue weighted by Gasteiger charge is 2.23. The molecule has 1 N–H and O–H groups in total. The summed E-state index contributed by atoms with van der Waals surface area (Å²) in [7, 11) is -5.59. The van der Waals surface area contributed by atoms with Crippen LogP contribution in [-0.4, -0.2) is 35.4 Å². The Morgan fingerprint density at radius 3 is 2.15 bits per heavy atom. The molecule has 0 heterocycles. The van der Waals surface area contributed by atoms with E-state index in [1.807, 2.05) is 0 Å². The van der Waals surface area contributed by atoms with Crippen LogP contribution in [0, 0.1) is 5.82 Å². The summed E-state index contributed by atoms with van der Waals surface area (Å²) < 4.78 is 61.5. The summed E-state index contributed by atoms with van der Waals surface area (Å²) >= 11 is 0. The van der Waals surface area contributed by atoms with Gasteiger partial charge in [0.05, 0.1) is 16.8 Å². The van der Waals surface area contributed by atoms with Crippen molar-refractivity contribution in [2.24, 2.45) is 0 Å². The zero-order chi connectivity index (χ0) is 15.4. The lowest BCUT2D eigenvalue weighted by Gasteiger charge is -2.13. The minimum atomic E-state index is -3.47. The Kier molecular flexibility index (Phi) is 5.67. The molecule has 0 bridgehead atoms. The molecule has 5 nitrogen and oxygen atoms in total. The van der Waals surface area contributed by atoms with Crippen LogP contribution >= 0.6 is 0 Å². The van der Waals surface area contributed by atoms with Gasteiger partial charge in [0.1, 0.15) is 5.82 Å². The van der Waals surface area contributed by atoms with Gasteiger partial charge >= 0.3 is 0 Å². The number of hydrogen-bond acceptors (Lipinski definition) is 4. The lowest BCUT2D eigenvalue weighted by atomic mass is 10.2. The Balaban J connectivity index is 2.71. The lowest BCUT2D eigenvalue weighted by molar-refractivity contribution is 0.580. The van der Waals surface area contributed by atoms with Gasteiger partial charge in [0, 0.05) is 0 Å². The Morgan fingerprint density at radius 2 is 1.65 bits per heavy atom. The Morgan fingerprint density at radius 1 is 1.10 bits per heavy atom. The number of nitrogens with one attached hydrogen (secondary N) is 1. The van der Waals surface area contributed by atoms with E-state index >= 15 is 0 Å². The third kappa shape index (κ3) is 4.84. The molecule has 1 atom stereocenters. The van der Waals surface area contributed by atoms with Gasteiger partial charge < -0.3 is 0 Å². The predicted molar refractivity (Wildman–Crippen MR) is 76.1 cm³/mol. The van der Waals surface area contributed by atoms with Crippen molar-refractivity contribution in [3.05, 3.63) is 35.6 Å². The van der Waals surface area contributed by atoms with Crippen LogP contribution in [0.2, 0.25) is 0 Å². The molecule has 0 saturated carbocycles. The van der Waals surface area contributed by atoms with Crippen molar-refractivity contribution < 1.29 is 21.2 Å². The molecular formula is C12H18FNO4S2. The van der Waals surface area contributed by atoms with Crippen molar-refractivity contribution in [1.82, 2.24) is 4.72 Å². The van der Waals surface area contributed by atoms with E-state index in [0.717, 1.165) is 0 Å². The molecule has 1 unspecified atom stereocenters. The van der Waals surface area contributed by atoms with Gasteiger partial charge in [0.25, 0.3) is 0 Å². The van der Waals surface area contributed by atoms with E-state index in [1.54, 1.807) is 0 Å². The van der Waals surface area contributed by atoms with Crippen LogP contribution in [0.1, 0.15) is 24.2 Å². The third-order valence-electron chi connectivity index (χ3n) is 3.03. The summed E-state index contributed by atoms with van der Waals surface area (Å²) in [5, 5.41) is -0.791. The fraction of sp³-hybridized carbons (Fsp3) is 0.500. The maximum atomic E-state index is 12.8. The Labute approximate surface area is 119 Å². The summed E-state index contributed by atoms with van der Waals surface area (Å²) in [4.78, 5) is 0. The SMILES string of the molecule is CNS(=O)(=O)CCCS(=O)(=O)C(C)c1ccc(F)cc1. The molecule has 0 aromatic heterocycles. The molecule has 1 rings (SSSR count). The molecular weight excluding hydrogens is 305 g/mol. The van der Waals surface area contributed by atoms with Gasteiger partial charge in [-0.3, -0.25) is 0 Å². The average Bonchev–Trinajstić information content (AvgIpc) is 2.38. The minimum Gasteiger partial charge on any atom is -0.228 e. The largest absolute Gasteiger partial charge is 0.228 e. The van der Waals surface area contributed by atoms with Crippen molar-refractivity contribution in [3.8, 4) is 0 Å². The molecule has 0 fully saturated rings. The highest BCUT2D eigenvalue weighted by molar-refractivity contribution is 7.91. The van der Waals surface area contributed by atoms with E-state index in [4.69, 9.17) is 0 Å². The summed E-state index contributed by atoms with van der Waals surface area (Å²) in [6.07, 6.45) is 0.0248. The highest BCUT2D eigenvalue weighted by Crippen LogP contribution is 2.23. The van der Waals surface area contributed by atoms with Crippen molar-refractivity contribution in [2.75, 3.05) is 18.6 Å². The quantitative estimate of drug-likeness (QED) is 0.819. The van der Waals surface area contributed by atoms with Crippen LogP contribution in [0.3, 0.4) is 0 Å². The van der Waals surface area contributed by atoms with Gasteiger partial charge in [-0.05, 0) is 38.1 Å². The topological polar surface area (TPSA) is 80.3 Å². The van der Waals surface area contributed by atoms with Gasteiger partial charge in [0.2, 0.25) is 10.0 Å². The van der Waals surface area contributed by atoms with E-state index in [2.05, 4.69) is 4.72 Å². The van der Waals surface area contributed by atoms with E-state index in [9.17, 15) is 21.2 Å². The second kappa shape index (κ2) is 6.64. The first-order valence-electron chi connectivity index (χ1n) is 6.06. The third-order valence-corrected chi connectivity index (χ3v) is 6.69. The van der Waals surface area contributed by atoms with Crippen molar-refractivity contribution >= 4 is 19.9 Å². The maximum absolute atomic E-state index is 12.8. The van der Waals surface area contributed by atoms with E-state index in [0.29, 0.717) is 5.56 Å². The first-order valence-corrected chi connectivity index (χ1v) is 9.43. The minimum absolute atomic E-state index is 0.0248. The highest BCUT2D eigenvalue weighted by atomic mass is 32.2. The Bertz CT molecular complexity index is 639. The van der Waals surface area contributed by atoms with E-state index in [-0.39, 0.29) is 17.9 Å². The van der Waals surface area contributed by atoms with Crippen molar-refractivity contribution in [3.63, 3.8) is 0 Å². The fourth-order valence-corrected chi connectivity index (χ4v) is 4.05. The van der Waals surface area contributed by atoms with Gasteiger partial charge in [-0.15, -0.1) is 0 Å². The van der Waals surface area contributed by atoms with E-state index in [1.165, 1.54) is 38.2 Å². The van der Waals surface area contributed by atoms with Gasteiger partial charge in [-0.1, -0.05) is 12.1 Å². The van der Waals surface area contributed by atoms with Gasteiger partial charge in [-0.25, -0.2) is 25.9 Å². The molecule has 0 radical (unpaired) electrons. The second-order valence-electron chi connectivity index (χ2n) is 4.44. The first kappa shape index (κ1) is 17.1. The standard InChI is InChI=1S/C12H18FNO4S2/c1-10(11-4-6-12(13)7-5-11)19(15,16)8-3-9-20(17,18)14-2/h4-7,10,14H,3,8-9H2,1-2H3. The number of rotatable bonds is 7. The zero-order valence-corrected chi connectivity index (χ0v) is 13.0. The zero-order valence-electron chi connectivity index (χ0n) is 11.3. The van der Waals surface area contributed by atoms with Crippen LogP contribution in [-0.2, 0) is 19.9 Å². The van der Waals surface area contributed by atoms with Crippen LogP contribution in [0.5, 0.6) is 0 Å². The van der Waals surface area contributed by atoms with E-state index < -0.39 is 30.9 Å². The molecule has 0 aliphatic heterocycles. The van der Waals surface area contributed by atoms with Crippen LogP contribution in [0.25, 0.3) is 0 Å². The number of benzene rings is 1. The number of halogens is 1. The maximum Gasteiger partial charge on any atom is 0.211 e. The summed E-state index contributed by atoms with van der Waals surface area (Å²) in [6.45, 7) is 1.51. The molecule has 0 saturated heterocycles. The number of hydrogen-bond donors (Lipinski definition) is 1. The van der Waals surface area contributed by atoms with Crippen LogP contribution < -0.4 is 4.72 Å². The molecule has 1 aromatic rings. The number of sulfone groups is 1. The summed E-state index contributed by atoms with van der Waals surface area (Å²) in [5.41, 5.74) is 0.489. The molecule has 8 heteroatoms. The van der Waals surface area contributed by atoms with Gasteiger partial charge in [-0.2, -0.15) is 0 Å². The molecule has 114 valence electrons. The number of sulfonamides is 1. The molecule has 1 aromatic carbocycles. The predicted octanol–water partition coefficient (Wildman–Crippen LogP) is 1.24. The molecule has 0 amide bonds. The normalized spacial score (nSPS) is 14.2. The monoisotopic (exact) mass is 323 g/mol. The fourth-order valence-electron chi connectivity index (χ4n) is 1.67. The smallest absolute Gasteiger partial charge is 0.211 e. The Hall–Kier alpha value is -0.990.